The fraction of sp³-hybridized carbons (Fsp3) is 0.303. The molecule has 0 saturated carbocycles. The Morgan fingerprint density at radius 3 is 2.35 bits per heavy atom. The fourth-order valence-electron chi connectivity index (χ4n) is 5.38. The maximum atomic E-state index is 14.1. The zero-order valence-electron chi connectivity index (χ0n) is 26.2. The second-order valence-electron chi connectivity index (χ2n) is 12.5. The van der Waals surface area contributed by atoms with Gasteiger partial charge in [-0.3, -0.25) is 19.5 Å². The van der Waals surface area contributed by atoms with Crippen LogP contribution in [0.5, 0.6) is 0 Å². The molecule has 0 fully saturated rings. The molecule has 1 aromatic heterocycles. The molecule has 0 unspecified atom stereocenters. The molecular formula is C33H38FN7O5. The van der Waals surface area contributed by atoms with Gasteiger partial charge in [-0.15, -0.1) is 0 Å². The highest BCUT2D eigenvalue weighted by Crippen LogP contribution is 2.35. The number of carbonyl (C=O) groups is 4. The summed E-state index contributed by atoms with van der Waals surface area (Å²) in [5.41, 5.74) is 7.29. The van der Waals surface area contributed by atoms with Gasteiger partial charge in [0.25, 0.3) is 0 Å². The highest BCUT2D eigenvalue weighted by Gasteiger charge is 2.36. The summed E-state index contributed by atoms with van der Waals surface area (Å²) in [5.74, 6) is -2.36. The van der Waals surface area contributed by atoms with Crippen molar-refractivity contribution >= 4 is 51.9 Å². The van der Waals surface area contributed by atoms with Crippen LogP contribution in [0, 0.1) is 18.2 Å². The van der Waals surface area contributed by atoms with Crippen molar-refractivity contribution in [3.8, 4) is 11.1 Å². The smallest absolute Gasteiger partial charge is 0.323 e. The van der Waals surface area contributed by atoms with Crippen molar-refractivity contribution in [3.05, 3.63) is 72.0 Å². The third-order valence-electron chi connectivity index (χ3n) is 7.34. The number of amides is 4. The highest BCUT2D eigenvalue weighted by molar-refractivity contribution is 6.08. The molecule has 0 aliphatic rings. The van der Waals surface area contributed by atoms with Gasteiger partial charge >= 0.3 is 12.0 Å². The first-order valence-electron chi connectivity index (χ1n) is 14.6. The molecule has 13 heteroatoms. The number of nitrogens with zero attached hydrogens (tertiary/aromatic N) is 1. The summed E-state index contributed by atoms with van der Waals surface area (Å²) < 4.78 is 14.1. The number of carboxylic acid groups (broad SMARTS) is 1. The predicted octanol–water partition coefficient (Wildman–Crippen LogP) is 5.37. The monoisotopic (exact) mass is 631 g/mol. The van der Waals surface area contributed by atoms with Crippen molar-refractivity contribution < 1.29 is 28.7 Å². The summed E-state index contributed by atoms with van der Waals surface area (Å²) in [6, 6.07) is 15.1. The van der Waals surface area contributed by atoms with E-state index in [0.29, 0.717) is 22.4 Å². The summed E-state index contributed by atoms with van der Waals surface area (Å²) in [6.07, 6.45) is -0.154. The van der Waals surface area contributed by atoms with Gasteiger partial charge in [-0.25, -0.2) is 9.18 Å². The molecule has 0 aliphatic carbocycles. The number of aryl methyl sites for hydroxylation is 1. The molecule has 12 nitrogen and oxygen atoms in total. The van der Waals surface area contributed by atoms with E-state index in [-0.39, 0.29) is 24.4 Å². The van der Waals surface area contributed by atoms with E-state index in [2.05, 4.69) is 31.5 Å². The van der Waals surface area contributed by atoms with Crippen molar-refractivity contribution in [2.75, 3.05) is 16.0 Å². The first kappa shape index (κ1) is 33.6. The number of carboxylic acids is 1. The zero-order valence-corrected chi connectivity index (χ0v) is 26.2. The maximum absolute atomic E-state index is 14.1. The van der Waals surface area contributed by atoms with Gasteiger partial charge in [-0.05, 0) is 74.2 Å². The Labute approximate surface area is 265 Å². The first-order valence-corrected chi connectivity index (χ1v) is 14.6. The van der Waals surface area contributed by atoms with Gasteiger partial charge in [0, 0.05) is 16.6 Å². The number of carbonyl (C=O) groups excluding carboxylic acids is 3. The topological polar surface area (TPSA) is 191 Å². The Hall–Kier alpha value is -5.30. The quantitative estimate of drug-likeness (QED) is 0.116. The van der Waals surface area contributed by atoms with E-state index in [9.17, 15) is 23.6 Å². The Bertz CT molecular complexity index is 1780. The number of halogens is 1. The highest BCUT2D eigenvalue weighted by atomic mass is 19.1. The van der Waals surface area contributed by atoms with Crippen LogP contribution in [0.4, 0.5) is 26.4 Å². The van der Waals surface area contributed by atoms with Gasteiger partial charge < -0.3 is 32.1 Å². The van der Waals surface area contributed by atoms with E-state index in [1.54, 1.807) is 58.9 Å². The molecule has 0 saturated heterocycles. The van der Waals surface area contributed by atoms with Crippen molar-refractivity contribution in [2.45, 2.75) is 59.0 Å². The van der Waals surface area contributed by atoms with Gasteiger partial charge in [0.1, 0.15) is 11.9 Å². The average Bonchev–Trinajstić information content (AvgIpc) is 3.37. The molecule has 1 heterocycles. The molecule has 0 radical (unpaired) electrons. The lowest BCUT2D eigenvalue weighted by Crippen LogP contribution is -2.50. The number of nitrogens with one attached hydrogen (secondary N) is 5. The second kappa shape index (κ2) is 13.4. The van der Waals surface area contributed by atoms with E-state index in [4.69, 9.17) is 10.8 Å². The third-order valence-corrected chi connectivity index (χ3v) is 7.34. The Morgan fingerprint density at radius 2 is 1.67 bits per heavy atom. The lowest BCUT2D eigenvalue weighted by atomic mass is 9.79. The normalized spacial score (nSPS) is 12.3. The molecule has 3 aromatic carbocycles. The number of urea groups is 1. The molecule has 0 aliphatic heterocycles. The number of H-pyrrole nitrogens is 1. The summed E-state index contributed by atoms with van der Waals surface area (Å²) in [7, 11) is 0. The number of hydrogen-bond acceptors (Lipinski definition) is 6. The Morgan fingerprint density at radius 1 is 0.978 bits per heavy atom. The fourth-order valence-corrected chi connectivity index (χ4v) is 5.38. The van der Waals surface area contributed by atoms with Crippen LogP contribution in [-0.2, 0) is 14.4 Å². The molecule has 0 bridgehead atoms. The van der Waals surface area contributed by atoms with Crippen LogP contribution in [0.1, 0.15) is 46.1 Å². The lowest BCUT2D eigenvalue weighted by Gasteiger charge is -2.34. The molecule has 8 N–H and O–H groups in total. The van der Waals surface area contributed by atoms with Crippen LogP contribution in [0.15, 0.2) is 60.7 Å². The lowest BCUT2D eigenvalue weighted by molar-refractivity contribution is -0.140. The number of rotatable bonds is 11. The minimum absolute atomic E-state index is 0.0762. The van der Waals surface area contributed by atoms with Crippen molar-refractivity contribution in [1.82, 2.24) is 15.5 Å². The molecule has 4 amide bonds. The van der Waals surface area contributed by atoms with Crippen LogP contribution in [0.2, 0.25) is 0 Å². The SMILES string of the molecule is Cc1ccc(F)c(NC(=O)Nc2ccc(-c3cccc4[nH]nc(NC(=O)C(C)(C)CC(C)(C)NC(=O)C[C@H](N)C(=O)O)c34)cc2)c1. The van der Waals surface area contributed by atoms with Gasteiger partial charge in [0.05, 0.1) is 23.0 Å². The summed E-state index contributed by atoms with van der Waals surface area (Å²) in [6.45, 7) is 8.77. The third kappa shape index (κ3) is 8.24. The van der Waals surface area contributed by atoms with Crippen molar-refractivity contribution in [2.24, 2.45) is 11.1 Å². The number of nitrogens with two attached hydrogens (primary N) is 1. The number of aromatic amines is 1. The Kier molecular flexibility index (Phi) is 9.76. The number of aromatic nitrogens is 2. The maximum Gasteiger partial charge on any atom is 0.323 e. The minimum Gasteiger partial charge on any atom is -0.480 e. The van der Waals surface area contributed by atoms with Crippen molar-refractivity contribution in [3.63, 3.8) is 0 Å². The number of anilines is 3. The largest absolute Gasteiger partial charge is 0.480 e. The van der Waals surface area contributed by atoms with Gasteiger partial charge in [-0.1, -0.05) is 44.2 Å². The molecule has 242 valence electrons. The minimum atomic E-state index is -1.32. The van der Waals surface area contributed by atoms with Crippen molar-refractivity contribution in [1.29, 1.82) is 0 Å². The summed E-state index contributed by atoms with van der Waals surface area (Å²) in [4.78, 5) is 49.4. The molecule has 4 rings (SSSR count). The van der Waals surface area contributed by atoms with E-state index in [0.717, 1.165) is 16.7 Å². The second-order valence-corrected chi connectivity index (χ2v) is 12.5. The Balaban J connectivity index is 1.47. The summed E-state index contributed by atoms with van der Waals surface area (Å²) in [5, 5.41) is 27.9. The average molecular weight is 632 g/mol. The first-order chi connectivity index (χ1) is 21.5. The number of aliphatic carboxylic acids is 1. The van der Waals surface area contributed by atoms with Gasteiger partial charge in [0.15, 0.2) is 5.82 Å². The number of fused-ring (bicyclic) bond motifs is 1. The van der Waals surface area contributed by atoms with Gasteiger partial charge in [0.2, 0.25) is 11.8 Å². The molecule has 4 aromatic rings. The molecule has 0 spiro atoms. The van der Waals surface area contributed by atoms with Crippen LogP contribution in [0.3, 0.4) is 0 Å². The molecule has 46 heavy (non-hydrogen) atoms. The van der Waals surface area contributed by atoms with Crippen LogP contribution in [-0.4, -0.2) is 50.7 Å². The number of hydrogen-bond donors (Lipinski definition) is 7. The van der Waals surface area contributed by atoms with Gasteiger partial charge in [-0.2, -0.15) is 5.10 Å². The van der Waals surface area contributed by atoms with E-state index in [1.807, 2.05) is 30.3 Å². The zero-order chi connectivity index (χ0) is 33.8. The van der Waals surface area contributed by atoms with E-state index in [1.165, 1.54) is 6.07 Å². The summed E-state index contributed by atoms with van der Waals surface area (Å²) >= 11 is 0. The predicted molar refractivity (Wildman–Crippen MR) is 175 cm³/mol. The molecule has 1 atom stereocenters. The van der Waals surface area contributed by atoms with E-state index < -0.39 is 40.7 Å². The number of benzene rings is 3. The van der Waals surface area contributed by atoms with Crippen LogP contribution >= 0.6 is 0 Å². The standard InChI is InChI=1S/C33H38FN7O5/c1-18-9-14-22(34)25(15-18)37-31(46)36-20-12-10-19(11-13-20)21-7-6-8-24-27(21)28(41-40-24)38-30(45)32(2,3)17-33(4,5)39-26(42)16-23(35)29(43)44/h6-15,23H,16-17,35H2,1-5H3,(H,39,42)(H,43,44)(H2,36,37,46)(H2,38,40,41,45)/t23-/m0/s1. The van der Waals surface area contributed by atoms with Crippen LogP contribution < -0.4 is 27.0 Å². The molecular weight excluding hydrogens is 593 g/mol. The van der Waals surface area contributed by atoms with Crippen LogP contribution in [0.25, 0.3) is 22.0 Å². The van der Waals surface area contributed by atoms with E-state index >= 15 is 0 Å².